The molecule has 3 rings (SSSR count). The van der Waals surface area contributed by atoms with E-state index < -0.39 is 0 Å². The van der Waals surface area contributed by atoms with Crippen molar-refractivity contribution >= 4 is 30.0 Å². The van der Waals surface area contributed by atoms with Crippen LogP contribution in [0.2, 0.25) is 0 Å². The predicted molar refractivity (Wildman–Crippen MR) is 121 cm³/mol. The maximum absolute atomic E-state index is 12.1. The Labute approximate surface area is 179 Å². The van der Waals surface area contributed by atoms with E-state index in [9.17, 15) is 4.79 Å². The fourth-order valence-electron chi connectivity index (χ4n) is 2.67. The normalized spacial score (nSPS) is 11.3. The van der Waals surface area contributed by atoms with E-state index in [-0.39, 0.29) is 11.7 Å². The molecule has 8 heteroatoms. The quantitative estimate of drug-likeness (QED) is 0.322. The first-order valence-electron chi connectivity index (χ1n) is 9.45. The van der Waals surface area contributed by atoms with Gasteiger partial charge in [0.1, 0.15) is 5.75 Å². The highest BCUT2D eigenvalue weighted by Crippen LogP contribution is 2.25. The van der Waals surface area contributed by atoms with Gasteiger partial charge in [-0.25, -0.2) is 5.43 Å². The van der Waals surface area contributed by atoms with Gasteiger partial charge in [0.2, 0.25) is 0 Å². The SMILES string of the molecule is CCn1c(SCC(=O)NN=CC=Cc2ccccc2)nnc1-c1ccc(OC)cc1. The fourth-order valence-corrected chi connectivity index (χ4v) is 3.46. The van der Waals surface area contributed by atoms with Crippen LogP contribution in [-0.2, 0) is 11.3 Å². The largest absolute Gasteiger partial charge is 0.497 e. The van der Waals surface area contributed by atoms with Crippen LogP contribution < -0.4 is 10.2 Å². The molecule has 0 radical (unpaired) electrons. The van der Waals surface area contributed by atoms with Crippen LogP contribution in [0.3, 0.4) is 0 Å². The van der Waals surface area contributed by atoms with Gasteiger partial charge in [0, 0.05) is 18.3 Å². The van der Waals surface area contributed by atoms with E-state index in [1.165, 1.54) is 11.8 Å². The summed E-state index contributed by atoms with van der Waals surface area (Å²) in [5.74, 6) is 1.53. The Morgan fingerprint density at radius 1 is 1.17 bits per heavy atom. The number of methoxy groups -OCH3 is 1. The molecular formula is C22H23N5O2S. The number of hydrogen-bond donors (Lipinski definition) is 1. The van der Waals surface area contributed by atoms with E-state index in [0.29, 0.717) is 11.7 Å². The highest BCUT2D eigenvalue weighted by Gasteiger charge is 2.14. The van der Waals surface area contributed by atoms with Crippen molar-refractivity contribution in [2.45, 2.75) is 18.6 Å². The summed E-state index contributed by atoms with van der Waals surface area (Å²) in [6, 6.07) is 17.5. The summed E-state index contributed by atoms with van der Waals surface area (Å²) in [6.45, 7) is 2.71. The van der Waals surface area contributed by atoms with Gasteiger partial charge in [-0.15, -0.1) is 10.2 Å². The second-order valence-electron chi connectivity index (χ2n) is 6.15. The summed E-state index contributed by atoms with van der Waals surface area (Å²) < 4.78 is 7.17. The van der Waals surface area contributed by atoms with Crippen molar-refractivity contribution in [3.8, 4) is 17.1 Å². The van der Waals surface area contributed by atoms with Gasteiger partial charge in [0.05, 0.1) is 12.9 Å². The van der Waals surface area contributed by atoms with Crippen LogP contribution in [0.25, 0.3) is 17.5 Å². The Hall–Kier alpha value is -3.39. The molecule has 0 saturated heterocycles. The van der Waals surface area contributed by atoms with E-state index in [1.54, 1.807) is 19.4 Å². The van der Waals surface area contributed by atoms with Crippen molar-refractivity contribution in [1.29, 1.82) is 0 Å². The highest BCUT2D eigenvalue weighted by molar-refractivity contribution is 7.99. The van der Waals surface area contributed by atoms with Crippen LogP contribution in [0.1, 0.15) is 12.5 Å². The standard InChI is InChI=1S/C22H23N5O2S/c1-3-27-21(18-11-13-19(29-2)14-12-18)25-26-22(27)30-16-20(28)24-23-15-7-10-17-8-5-4-6-9-17/h4-15H,3,16H2,1-2H3,(H,24,28). The Morgan fingerprint density at radius 2 is 1.93 bits per heavy atom. The summed E-state index contributed by atoms with van der Waals surface area (Å²) in [5, 5.41) is 13.1. The number of nitrogens with one attached hydrogen (secondary N) is 1. The van der Waals surface area contributed by atoms with Gasteiger partial charge in [0.15, 0.2) is 11.0 Å². The van der Waals surface area contributed by atoms with Crippen LogP contribution in [0, 0.1) is 0 Å². The van der Waals surface area contributed by atoms with Crippen LogP contribution in [-0.4, -0.2) is 39.7 Å². The Balaban J connectivity index is 1.53. The van der Waals surface area contributed by atoms with E-state index in [0.717, 1.165) is 22.7 Å². The second kappa shape index (κ2) is 11.0. The van der Waals surface area contributed by atoms with Crippen molar-refractivity contribution in [3.63, 3.8) is 0 Å². The lowest BCUT2D eigenvalue weighted by Crippen LogP contribution is -2.19. The zero-order valence-corrected chi connectivity index (χ0v) is 17.7. The topological polar surface area (TPSA) is 81.4 Å². The molecule has 0 aliphatic rings. The molecule has 30 heavy (non-hydrogen) atoms. The zero-order chi connectivity index (χ0) is 21.2. The van der Waals surface area contributed by atoms with Crippen molar-refractivity contribution in [1.82, 2.24) is 20.2 Å². The summed E-state index contributed by atoms with van der Waals surface area (Å²) in [7, 11) is 1.63. The number of hydrogen-bond acceptors (Lipinski definition) is 6. The molecule has 0 atom stereocenters. The van der Waals surface area contributed by atoms with Crippen LogP contribution in [0.4, 0.5) is 0 Å². The average Bonchev–Trinajstić information content (AvgIpc) is 3.21. The summed E-state index contributed by atoms with van der Waals surface area (Å²) >= 11 is 1.32. The molecule has 7 nitrogen and oxygen atoms in total. The second-order valence-corrected chi connectivity index (χ2v) is 7.09. The molecule has 0 bridgehead atoms. The van der Waals surface area contributed by atoms with Gasteiger partial charge in [-0.05, 0) is 42.8 Å². The van der Waals surface area contributed by atoms with Crippen molar-refractivity contribution in [2.75, 3.05) is 12.9 Å². The number of ether oxygens (including phenoxy) is 1. The Kier molecular flexibility index (Phi) is 7.79. The molecule has 0 aliphatic heterocycles. The number of amides is 1. The Morgan fingerprint density at radius 3 is 2.63 bits per heavy atom. The predicted octanol–water partition coefficient (Wildman–Crippen LogP) is 3.88. The molecule has 0 saturated carbocycles. The van der Waals surface area contributed by atoms with Gasteiger partial charge in [0.25, 0.3) is 5.91 Å². The first-order valence-corrected chi connectivity index (χ1v) is 10.4. The first kappa shape index (κ1) is 21.3. The minimum atomic E-state index is -0.207. The third-order valence-electron chi connectivity index (χ3n) is 4.15. The van der Waals surface area contributed by atoms with Crippen LogP contribution in [0.15, 0.2) is 70.9 Å². The van der Waals surface area contributed by atoms with Gasteiger partial charge in [-0.2, -0.15) is 5.10 Å². The summed E-state index contributed by atoms with van der Waals surface area (Å²) in [6.07, 6.45) is 5.23. The number of rotatable bonds is 9. The third-order valence-corrected chi connectivity index (χ3v) is 5.12. The number of nitrogens with zero attached hydrogens (tertiary/aromatic N) is 4. The number of thioether (sulfide) groups is 1. The number of carbonyl (C=O) groups is 1. The molecule has 0 fully saturated rings. The molecule has 1 aromatic heterocycles. The molecule has 0 spiro atoms. The lowest BCUT2D eigenvalue weighted by Gasteiger charge is -2.07. The Bertz CT molecular complexity index is 1010. The number of hydrazone groups is 1. The highest BCUT2D eigenvalue weighted by atomic mass is 32.2. The van der Waals surface area contributed by atoms with Crippen molar-refractivity contribution in [2.24, 2.45) is 5.10 Å². The monoisotopic (exact) mass is 421 g/mol. The fraction of sp³-hybridized carbons (Fsp3) is 0.182. The van der Waals surface area contributed by atoms with Gasteiger partial charge < -0.3 is 9.30 Å². The molecule has 0 unspecified atom stereocenters. The van der Waals surface area contributed by atoms with E-state index in [4.69, 9.17) is 4.74 Å². The number of allylic oxidation sites excluding steroid dienone is 1. The molecule has 1 N–H and O–H groups in total. The maximum Gasteiger partial charge on any atom is 0.250 e. The molecule has 0 aliphatic carbocycles. The zero-order valence-electron chi connectivity index (χ0n) is 16.9. The van der Waals surface area contributed by atoms with Gasteiger partial charge in [-0.3, -0.25) is 4.79 Å². The van der Waals surface area contributed by atoms with Crippen LogP contribution >= 0.6 is 11.8 Å². The number of benzene rings is 2. The van der Waals surface area contributed by atoms with E-state index in [1.807, 2.05) is 72.2 Å². The smallest absolute Gasteiger partial charge is 0.250 e. The average molecular weight is 422 g/mol. The van der Waals surface area contributed by atoms with Crippen molar-refractivity contribution < 1.29 is 9.53 Å². The lowest BCUT2D eigenvalue weighted by atomic mass is 10.2. The van der Waals surface area contributed by atoms with Crippen molar-refractivity contribution in [3.05, 3.63) is 66.2 Å². The maximum atomic E-state index is 12.1. The number of carbonyl (C=O) groups excluding carboxylic acids is 1. The number of aromatic nitrogens is 3. The molecule has 1 amide bonds. The molecular weight excluding hydrogens is 398 g/mol. The third kappa shape index (κ3) is 5.81. The minimum absolute atomic E-state index is 0.195. The summed E-state index contributed by atoms with van der Waals surface area (Å²) in [5.41, 5.74) is 4.52. The molecule has 1 heterocycles. The first-order chi connectivity index (χ1) is 14.7. The minimum Gasteiger partial charge on any atom is -0.497 e. The van der Waals surface area contributed by atoms with E-state index in [2.05, 4.69) is 20.7 Å². The summed E-state index contributed by atoms with van der Waals surface area (Å²) in [4.78, 5) is 12.1. The molecule has 2 aromatic carbocycles. The van der Waals surface area contributed by atoms with Gasteiger partial charge in [-0.1, -0.05) is 48.2 Å². The van der Waals surface area contributed by atoms with Crippen LogP contribution in [0.5, 0.6) is 5.75 Å². The van der Waals surface area contributed by atoms with E-state index >= 15 is 0 Å². The van der Waals surface area contributed by atoms with Gasteiger partial charge >= 0.3 is 0 Å². The molecule has 154 valence electrons. The molecule has 3 aromatic rings. The lowest BCUT2D eigenvalue weighted by molar-refractivity contribution is -0.118.